The lowest BCUT2D eigenvalue weighted by Crippen LogP contribution is -2.41. The Kier molecular flexibility index (Phi) is 8.05. The van der Waals surface area contributed by atoms with Crippen LogP contribution in [0.2, 0.25) is 0 Å². The van der Waals surface area contributed by atoms with Crippen molar-refractivity contribution in [2.45, 2.75) is 39.8 Å². The first-order valence-electron chi connectivity index (χ1n) is 12.3. The quantitative estimate of drug-likeness (QED) is 0.548. The summed E-state index contributed by atoms with van der Waals surface area (Å²) in [7, 11) is 0. The van der Waals surface area contributed by atoms with Crippen LogP contribution in [0.25, 0.3) is 0 Å². The molecule has 0 unspecified atom stereocenters. The summed E-state index contributed by atoms with van der Waals surface area (Å²) in [6.45, 7) is 8.61. The molecule has 1 aromatic carbocycles. The van der Waals surface area contributed by atoms with Crippen molar-refractivity contribution < 1.29 is 14.0 Å². The number of carbonyl (C=O) groups excluding carboxylic acids is 2. The molecule has 8 heteroatoms. The molecule has 0 fully saturated rings. The minimum Gasteiger partial charge on any atom is -0.333 e. The topological polar surface area (TPSA) is 69.6 Å². The van der Waals surface area contributed by atoms with Crippen LogP contribution in [0.3, 0.4) is 0 Å². The van der Waals surface area contributed by atoms with Crippen molar-refractivity contribution in [2.24, 2.45) is 0 Å². The van der Waals surface area contributed by atoms with Crippen molar-refractivity contribution in [3.63, 3.8) is 0 Å². The Bertz CT molecular complexity index is 1220. The molecule has 7 nitrogen and oxygen atoms in total. The van der Waals surface area contributed by atoms with Crippen LogP contribution < -0.4 is 4.90 Å². The van der Waals surface area contributed by atoms with Gasteiger partial charge in [0, 0.05) is 74.3 Å². The average molecular weight is 490 g/mol. The van der Waals surface area contributed by atoms with Gasteiger partial charge in [0.05, 0.1) is 5.56 Å². The van der Waals surface area contributed by atoms with Gasteiger partial charge in [-0.3, -0.25) is 24.5 Å². The molecule has 0 saturated carbocycles. The van der Waals surface area contributed by atoms with Gasteiger partial charge < -0.3 is 9.80 Å². The van der Waals surface area contributed by atoms with E-state index < -0.39 is 5.82 Å². The van der Waals surface area contributed by atoms with Crippen LogP contribution >= 0.6 is 0 Å². The second-order valence-electron chi connectivity index (χ2n) is 9.31. The zero-order valence-electron chi connectivity index (χ0n) is 21.0. The van der Waals surface area contributed by atoms with Crippen molar-refractivity contribution >= 4 is 17.5 Å². The standard InChI is InChI=1S/C28H32FN5O2/c1-20(2)32-14-5-15-34(27(35)22-9-12-30-13-10-22)26-8-7-24(29)18-23(26)19-33(17-16-32)28(36)25-6-4-11-31-21(25)3/h4,6-13,18,20H,5,14-17,19H2,1-3H3. The lowest BCUT2D eigenvalue weighted by Gasteiger charge is -2.30. The molecule has 0 aliphatic carbocycles. The van der Waals surface area contributed by atoms with Gasteiger partial charge in [0.2, 0.25) is 0 Å². The number of rotatable bonds is 3. The maximum absolute atomic E-state index is 14.5. The smallest absolute Gasteiger partial charge is 0.258 e. The van der Waals surface area contributed by atoms with Gasteiger partial charge in [0.15, 0.2) is 0 Å². The van der Waals surface area contributed by atoms with Crippen LogP contribution in [0, 0.1) is 12.7 Å². The maximum Gasteiger partial charge on any atom is 0.258 e. The Hall–Kier alpha value is -3.65. The molecule has 0 spiro atoms. The number of halogens is 1. The van der Waals surface area contributed by atoms with Crippen molar-refractivity contribution in [2.75, 3.05) is 31.1 Å². The number of hydrogen-bond donors (Lipinski definition) is 0. The number of hydrogen-bond acceptors (Lipinski definition) is 5. The van der Waals surface area contributed by atoms with Gasteiger partial charge in [-0.2, -0.15) is 0 Å². The molecule has 3 heterocycles. The fraction of sp³-hybridized carbons (Fsp3) is 0.357. The SMILES string of the molecule is Cc1ncccc1C(=O)N1CCN(C(C)C)CCCN(C(=O)c2ccncc2)c2ccc(F)cc2C1. The number of carbonyl (C=O) groups is 2. The molecule has 0 bridgehead atoms. The van der Waals surface area contributed by atoms with E-state index >= 15 is 0 Å². The largest absolute Gasteiger partial charge is 0.333 e. The number of nitrogens with zero attached hydrogens (tertiary/aromatic N) is 5. The number of pyridine rings is 2. The van der Waals surface area contributed by atoms with Gasteiger partial charge in [-0.05, 0) is 75.2 Å². The van der Waals surface area contributed by atoms with E-state index in [1.54, 1.807) is 58.7 Å². The summed E-state index contributed by atoms with van der Waals surface area (Å²) in [5.74, 6) is -0.749. The van der Waals surface area contributed by atoms with Crippen LogP contribution in [-0.2, 0) is 6.54 Å². The molecular weight excluding hydrogens is 457 g/mol. The Balaban J connectivity index is 1.77. The normalized spacial score (nSPS) is 15.4. The van der Waals surface area contributed by atoms with Gasteiger partial charge in [0.25, 0.3) is 11.8 Å². The third-order valence-corrected chi connectivity index (χ3v) is 6.60. The van der Waals surface area contributed by atoms with Crippen LogP contribution in [-0.4, -0.2) is 63.8 Å². The Morgan fingerprint density at radius 1 is 0.944 bits per heavy atom. The number of amides is 2. The predicted octanol–water partition coefficient (Wildman–Crippen LogP) is 4.33. The molecular formula is C28H32FN5O2. The van der Waals surface area contributed by atoms with E-state index in [2.05, 4.69) is 28.7 Å². The zero-order valence-corrected chi connectivity index (χ0v) is 21.0. The third-order valence-electron chi connectivity index (χ3n) is 6.60. The average Bonchev–Trinajstić information content (AvgIpc) is 2.91. The maximum atomic E-state index is 14.5. The summed E-state index contributed by atoms with van der Waals surface area (Å²) in [6.07, 6.45) is 5.57. The van der Waals surface area contributed by atoms with E-state index in [-0.39, 0.29) is 24.4 Å². The van der Waals surface area contributed by atoms with Crippen LogP contribution in [0.15, 0.2) is 61.1 Å². The lowest BCUT2D eigenvalue weighted by atomic mass is 10.1. The van der Waals surface area contributed by atoms with E-state index in [1.807, 2.05) is 6.92 Å². The van der Waals surface area contributed by atoms with Crippen LogP contribution in [0.1, 0.15) is 52.2 Å². The first-order chi connectivity index (χ1) is 17.3. The van der Waals surface area contributed by atoms with Gasteiger partial charge >= 0.3 is 0 Å². The zero-order chi connectivity index (χ0) is 25.7. The number of aryl methyl sites for hydroxylation is 1. The molecule has 0 saturated heterocycles. The Morgan fingerprint density at radius 2 is 1.72 bits per heavy atom. The van der Waals surface area contributed by atoms with Crippen molar-refractivity contribution in [1.82, 2.24) is 19.8 Å². The highest BCUT2D eigenvalue weighted by Crippen LogP contribution is 2.27. The third kappa shape index (κ3) is 5.76. The van der Waals surface area contributed by atoms with Gasteiger partial charge in [-0.1, -0.05) is 0 Å². The van der Waals surface area contributed by atoms with E-state index in [9.17, 15) is 14.0 Å². The highest BCUT2D eigenvalue weighted by atomic mass is 19.1. The molecule has 0 atom stereocenters. The minimum absolute atomic E-state index is 0.161. The molecule has 2 amide bonds. The van der Waals surface area contributed by atoms with E-state index in [0.29, 0.717) is 47.7 Å². The Labute approximate surface area is 211 Å². The summed E-state index contributed by atoms with van der Waals surface area (Å²) in [5, 5.41) is 0. The first kappa shape index (κ1) is 25.4. The van der Waals surface area contributed by atoms with Gasteiger partial charge in [0.1, 0.15) is 5.82 Å². The van der Waals surface area contributed by atoms with E-state index in [1.165, 1.54) is 12.1 Å². The van der Waals surface area contributed by atoms with E-state index in [0.717, 1.165) is 13.0 Å². The second kappa shape index (κ2) is 11.4. The number of fused-ring (bicyclic) bond motifs is 1. The first-order valence-corrected chi connectivity index (χ1v) is 12.3. The summed E-state index contributed by atoms with van der Waals surface area (Å²) in [6, 6.07) is 11.6. The highest BCUT2D eigenvalue weighted by Gasteiger charge is 2.26. The molecule has 2 aromatic heterocycles. The fourth-order valence-corrected chi connectivity index (χ4v) is 4.57. The second-order valence-corrected chi connectivity index (χ2v) is 9.31. The Morgan fingerprint density at radius 3 is 2.44 bits per heavy atom. The summed E-state index contributed by atoms with van der Waals surface area (Å²) in [5.41, 5.74) is 2.87. The van der Waals surface area contributed by atoms with Crippen molar-refractivity contribution in [3.05, 3.63) is 89.3 Å². The molecule has 0 N–H and O–H groups in total. The molecule has 3 aromatic rings. The molecule has 0 radical (unpaired) electrons. The van der Waals surface area contributed by atoms with Crippen LogP contribution in [0.4, 0.5) is 10.1 Å². The number of aromatic nitrogens is 2. The van der Waals surface area contributed by atoms with Crippen molar-refractivity contribution in [3.8, 4) is 0 Å². The predicted molar refractivity (Wildman–Crippen MR) is 137 cm³/mol. The fourth-order valence-electron chi connectivity index (χ4n) is 4.57. The molecule has 1 aliphatic rings. The highest BCUT2D eigenvalue weighted by molar-refractivity contribution is 6.06. The van der Waals surface area contributed by atoms with Gasteiger partial charge in [-0.15, -0.1) is 0 Å². The monoisotopic (exact) mass is 489 g/mol. The lowest BCUT2D eigenvalue weighted by molar-refractivity contribution is 0.0710. The van der Waals surface area contributed by atoms with E-state index in [4.69, 9.17) is 0 Å². The number of anilines is 1. The number of benzene rings is 1. The molecule has 4 rings (SSSR count). The molecule has 188 valence electrons. The molecule has 1 aliphatic heterocycles. The summed E-state index contributed by atoms with van der Waals surface area (Å²) >= 11 is 0. The summed E-state index contributed by atoms with van der Waals surface area (Å²) in [4.78, 5) is 41.3. The minimum atomic E-state index is -0.409. The van der Waals surface area contributed by atoms with Gasteiger partial charge in [-0.25, -0.2) is 4.39 Å². The summed E-state index contributed by atoms with van der Waals surface area (Å²) < 4.78 is 14.5. The van der Waals surface area contributed by atoms with Crippen LogP contribution in [0.5, 0.6) is 0 Å². The molecule has 36 heavy (non-hydrogen) atoms. The van der Waals surface area contributed by atoms with Crippen molar-refractivity contribution in [1.29, 1.82) is 0 Å².